The van der Waals surface area contributed by atoms with Crippen LogP contribution < -0.4 is 11.1 Å². The molecular weight excluding hydrogens is 252 g/mol. The molecule has 0 aromatic heterocycles. The first-order valence-electron chi connectivity index (χ1n) is 6.22. The lowest BCUT2D eigenvalue weighted by molar-refractivity contribution is 1.33. The van der Waals surface area contributed by atoms with E-state index in [1.807, 2.05) is 25.1 Å². The summed E-state index contributed by atoms with van der Waals surface area (Å²) < 4.78 is 0. The second kappa shape index (κ2) is 5.41. The minimum absolute atomic E-state index is 0.412. The third-order valence-corrected chi connectivity index (χ3v) is 3.45. The summed E-state index contributed by atoms with van der Waals surface area (Å²) in [5, 5.41) is 3.38. The average molecular weight is 270 g/mol. The van der Waals surface area contributed by atoms with Crippen LogP contribution in [0.1, 0.15) is 22.3 Å². The molecule has 0 bridgehead atoms. The first-order chi connectivity index (χ1) is 8.97. The summed E-state index contributed by atoms with van der Waals surface area (Å²) in [6.07, 6.45) is 0. The van der Waals surface area contributed by atoms with E-state index in [4.69, 9.17) is 18.0 Å². The summed E-state index contributed by atoms with van der Waals surface area (Å²) in [4.78, 5) is 0.412. The smallest absolute Gasteiger partial charge is 0.106 e. The fraction of sp³-hybridized carbons (Fsp3) is 0.188. The monoisotopic (exact) mass is 270 g/mol. The van der Waals surface area contributed by atoms with Crippen molar-refractivity contribution < 1.29 is 0 Å². The molecule has 0 radical (unpaired) electrons. The van der Waals surface area contributed by atoms with E-state index in [1.165, 1.54) is 11.1 Å². The second-order valence-corrected chi connectivity index (χ2v) is 5.28. The number of benzene rings is 2. The molecule has 0 aliphatic rings. The van der Waals surface area contributed by atoms with Gasteiger partial charge in [-0.15, -0.1) is 0 Å². The van der Waals surface area contributed by atoms with Crippen molar-refractivity contribution in [1.82, 2.24) is 0 Å². The zero-order valence-electron chi connectivity index (χ0n) is 11.4. The minimum atomic E-state index is 0.412. The van der Waals surface area contributed by atoms with Gasteiger partial charge in [0.15, 0.2) is 0 Å². The maximum atomic E-state index is 5.78. The van der Waals surface area contributed by atoms with Crippen LogP contribution in [0.15, 0.2) is 36.4 Å². The quantitative estimate of drug-likeness (QED) is 0.828. The van der Waals surface area contributed by atoms with Crippen molar-refractivity contribution in [3.05, 3.63) is 58.7 Å². The third-order valence-electron chi connectivity index (χ3n) is 3.23. The fourth-order valence-corrected chi connectivity index (χ4v) is 2.11. The molecule has 3 heteroatoms. The molecule has 98 valence electrons. The van der Waals surface area contributed by atoms with Crippen LogP contribution in [0.4, 0.5) is 11.4 Å². The van der Waals surface area contributed by atoms with E-state index in [-0.39, 0.29) is 0 Å². The Kier molecular flexibility index (Phi) is 3.86. The Morgan fingerprint density at radius 3 is 2.37 bits per heavy atom. The predicted octanol–water partition coefficient (Wildman–Crippen LogP) is 3.99. The van der Waals surface area contributed by atoms with Gasteiger partial charge in [-0.3, -0.25) is 0 Å². The van der Waals surface area contributed by atoms with Gasteiger partial charge in [-0.25, -0.2) is 0 Å². The molecule has 0 fully saturated rings. The van der Waals surface area contributed by atoms with Gasteiger partial charge in [0, 0.05) is 16.9 Å². The van der Waals surface area contributed by atoms with Gasteiger partial charge >= 0.3 is 0 Å². The number of hydrogen-bond acceptors (Lipinski definition) is 2. The van der Waals surface area contributed by atoms with Crippen molar-refractivity contribution >= 4 is 28.6 Å². The Morgan fingerprint density at radius 1 is 1.00 bits per heavy atom. The zero-order valence-corrected chi connectivity index (χ0v) is 12.3. The summed E-state index contributed by atoms with van der Waals surface area (Å²) >= 11 is 5.11. The van der Waals surface area contributed by atoms with E-state index >= 15 is 0 Å². The number of aryl methyl sites for hydroxylation is 3. The lowest BCUT2D eigenvalue weighted by atomic mass is 10.1. The van der Waals surface area contributed by atoms with E-state index in [9.17, 15) is 0 Å². The molecule has 2 rings (SSSR count). The van der Waals surface area contributed by atoms with Gasteiger partial charge in [0.05, 0.1) is 0 Å². The minimum Gasteiger partial charge on any atom is -0.389 e. The van der Waals surface area contributed by atoms with Crippen LogP contribution in [0.2, 0.25) is 0 Å². The Morgan fingerprint density at radius 2 is 1.74 bits per heavy atom. The zero-order chi connectivity index (χ0) is 14.0. The van der Waals surface area contributed by atoms with Crippen molar-refractivity contribution in [2.45, 2.75) is 20.8 Å². The van der Waals surface area contributed by atoms with E-state index in [0.717, 1.165) is 22.5 Å². The van der Waals surface area contributed by atoms with Crippen LogP contribution in [0, 0.1) is 20.8 Å². The molecule has 3 N–H and O–H groups in total. The number of nitrogens with one attached hydrogen (secondary N) is 1. The largest absolute Gasteiger partial charge is 0.389 e. The Hall–Kier alpha value is -1.87. The number of thiocarbonyl (C=S) groups is 1. The highest BCUT2D eigenvalue weighted by Gasteiger charge is 2.06. The summed E-state index contributed by atoms with van der Waals surface area (Å²) in [6, 6.07) is 12.4. The van der Waals surface area contributed by atoms with E-state index in [2.05, 4.69) is 37.4 Å². The standard InChI is InChI=1S/C16H18N2S/c1-10-4-7-15(14(8-10)16(17)19)18-13-6-5-11(2)12(3)9-13/h4-9,18H,1-3H3,(H2,17,19). The van der Waals surface area contributed by atoms with E-state index < -0.39 is 0 Å². The first-order valence-corrected chi connectivity index (χ1v) is 6.63. The maximum absolute atomic E-state index is 5.78. The van der Waals surface area contributed by atoms with Crippen LogP contribution in [0.25, 0.3) is 0 Å². The van der Waals surface area contributed by atoms with E-state index in [0.29, 0.717) is 4.99 Å². The molecule has 0 heterocycles. The summed E-state index contributed by atoms with van der Waals surface area (Å²) in [5.41, 5.74) is 12.3. The molecular formula is C16H18N2S. The van der Waals surface area contributed by atoms with Crippen LogP contribution >= 0.6 is 12.2 Å². The average Bonchev–Trinajstić information content (AvgIpc) is 2.36. The van der Waals surface area contributed by atoms with Crippen molar-refractivity contribution in [1.29, 1.82) is 0 Å². The molecule has 0 saturated heterocycles. The Labute approximate surface area is 119 Å². The molecule has 0 aliphatic heterocycles. The topological polar surface area (TPSA) is 38.0 Å². The van der Waals surface area contributed by atoms with Gasteiger partial charge in [0.1, 0.15) is 4.99 Å². The highest BCUT2D eigenvalue weighted by Crippen LogP contribution is 2.23. The normalized spacial score (nSPS) is 10.3. The van der Waals surface area contributed by atoms with Gasteiger partial charge in [-0.2, -0.15) is 0 Å². The number of rotatable bonds is 3. The van der Waals surface area contributed by atoms with Crippen molar-refractivity contribution in [3.8, 4) is 0 Å². The summed E-state index contributed by atoms with van der Waals surface area (Å²) in [6.45, 7) is 6.23. The highest BCUT2D eigenvalue weighted by atomic mass is 32.1. The third kappa shape index (κ3) is 3.12. The molecule has 2 aromatic rings. The number of nitrogens with two attached hydrogens (primary N) is 1. The van der Waals surface area contributed by atoms with Crippen molar-refractivity contribution in [3.63, 3.8) is 0 Å². The molecule has 0 spiro atoms. The van der Waals surface area contributed by atoms with Crippen LogP contribution in [0.3, 0.4) is 0 Å². The Balaban J connectivity index is 2.37. The molecule has 0 atom stereocenters. The molecule has 0 amide bonds. The predicted molar refractivity (Wildman–Crippen MR) is 86.3 cm³/mol. The lowest BCUT2D eigenvalue weighted by Crippen LogP contribution is -2.12. The molecule has 2 aromatic carbocycles. The molecule has 19 heavy (non-hydrogen) atoms. The van der Waals surface area contributed by atoms with Crippen LogP contribution in [-0.4, -0.2) is 4.99 Å². The van der Waals surface area contributed by atoms with Crippen molar-refractivity contribution in [2.24, 2.45) is 5.73 Å². The molecule has 0 aliphatic carbocycles. The van der Waals surface area contributed by atoms with Gasteiger partial charge in [0.25, 0.3) is 0 Å². The second-order valence-electron chi connectivity index (χ2n) is 4.84. The Bertz CT molecular complexity index is 633. The molecule has 2 nitrogen and oxygen atoms in total. The first kappa shape index (κ1) is 13.6. The fourth-order valence-electron chi connectivity index (χ4n) is 1.95. The maximum Gasteiger partial charge on any atom is 0.106 e. The summed E-state index contributed by atoms with van der Waals surface area (Å²) in [7, 11) is 0. The number of hydrogen-bond donors (Lipinski definition) is 2. The van der Waals surface area contributed by atoms with Crippen LogP contribution in [0.5, 0.6) is 0 Å². The van der Waals surface area contributed by atoms with Gasteiger partial charge in [0.2, 0.25) is 0 Å². The highest BCUT2D eigenvalue weighted by molar-refractivity contribution is 7.80. The SMILES string of the molecule is Cc1ccc(Nc2ccc(C)c(C)c2)c(C(N)=S)c1. The lowest BCUT2D eigenvalue weighted by Gasteiger charge is -2.13. The molecule has 0 unspecified atom stereocenters. The van der Waals surface area contributed by atoms with Gasteiger partial charge in [-0.05, 0) is 56.2 Å². The molecule has 0 saturated carbocycles. The number of anilines is 2. The van der Waals surface area contributed by atoms with E-state index in [1.54, 1.807) is 0 Å². The van der Waals surface area contributed by atoms with Gasteiger partial charge in [-0.1, -0.05) is 29.9 Å². The van der Waals surface area contributed by atoms with Gasteiger partial charge < -0.3 is 11.1 Å². The van der Waals surface area contributed by atoms with Crippen molar-refractivity contribution in [2.75, 3.05) is 5.32 Å². The van der Waals surface area contributed by atoms with Crippen LogP contribution in [-0.2, 0) is 0 Å². The summed E-state index contributed by atoms with van der Waals surface area (Å²) in [5.74, 6) is 0.